The van der Waals surface area contributed by atoms with Crippen molar-refractivity contribution in [2.45, 2.75) is 45.6 Å². The lowest BCUT2D eigenvalue weighted by Gasteiger charge is -2.18. The van der Waals surface area contributed by atoms with Crippen molar-refractivity contribution in [2.75, 3.05) is 32.7 Å². The minimum atomic E-state index is -0.106. The normalized spacial score (nSPS) is 12.4. The van der Waals surface area contributed by atoms with Crippen LogP contribution in [0.4, 0.5) is 0 Å². The topological polar surface area (TPSA) is 79.2 Å². The van der Waals surface area contributed by atoms with E-state index in [4.69, 9.17) is 5.73 Å². The smallest absolute Gasteiger partial charge is 0.237 e. The molecule has 0 aromatic rings. The third-order valence-electron chi connectivity index (χ3n) is 2.76. The van der Waals surface area contributed by atoms with Crippen molar-refractivity contribution in [3.05, 3.63) is 0 Å². The predicted molar refractivity (Wildman–Crippen MR) is 76.5 cm³/mol. The van der Waals surface area contributed by atoms with Gasteiger partial charge in [0.1, 0.15) is 0 Å². The number of carbonyl (C=O) groups is 1. The molecule has 0 aliphatic heterocycles. The molecule has 0 bridgehead atoms. The van der Waals surface area contributed by atoms with Crippen molar-refractivity contribution in [1.82, 2.24) is 16.0 Å². The number of carbonyl (C=O) groups excluding carboxylic acids is 1. The van der Waals surface area contributed by atoms with E-state index in [9.17, 15) is 4.79 Å². The minimum Gasteiger partial charge on any atom is -0.355 e. The van der Waals surface area contributed by atoms with Gasteiger partial charge >= 0.3 is 0 Å². The molecule has 0 rings (SSSR count). The van der Waals surface area contributed by atoms with Crippen molar-refractivity contribution in [3.8, 4) is 0 Å². The van der Waals surface area contributed by atoms with Crippen LogP contribution in [0.15, 0.2) is 0 Å². The molecule has 0 saturated carbocycles. The van der Waals surface area contributed by atoms with E-state index in [2.05, 4.69) is 22.9 Å². The van der Waals surface area contributed by atoms with Crippen LogP contribution in [0, 0.1) is 0 Å². The Labute approximate surface area is 111 Å². The first kappa shape index (κ1) is 17.4. The summed E-state index contributed by atoms with van der Waals surface area (Å²) in [6.07, 6.45) is 4.10. The maximum Gasteiger partial charge on any atom is 0.237 e. The first-order valence-corrected chi connectivity index (χ1v) is 7.18. The Kier molecular flexibility index (Phi) is 12.3. The van der Waals surface area contributed by atoms with Crippen LogP contribution in [-0.4, -0.2) is 44.7 Å². The van der Waals surface area contributed by atoms with E-state index >= 15 is 0 Å². The molecule has 0 aromatic heterocycles. The van der Waals surface area contributed by atoms with Gasteiger partial charge < -0.3 is 21.7 Å². The summed E-state index contributed by atoms with van der Waals surface area (Å²) in [7, 11) is 0. The zero-order valence-corrected chi connectivity index (χ0v) is 11.9. The number of nitrogens with one attached hydrogen (secondary N) is 3. The van der Waals surface area contributed by atoms with Crippen molar-refractivity contribution in [2.24, 2.45) is 5.73 Å². The first-order valence-electron chi connectivity index (χ1n) is 7.18. The van der Waals surface area contributed by atoms with Crippen molar-refractivity contribution >= 4 is 5.91 Å². The van der Waals surface area contributed by atoms with Gasteiger partial charge in [-0.15, -0.1) is 0 Å². The molecule has 5 heteroatoms. The van der Waals surface area contributed by atoms with Gasteiger partial charge in [-0.1, -0.05) is 13.3 Å². The third kappa shape index (κ3) is 9.39. The number of rotatable bonds is 12. The van der Waals surface area contributed by atoms with Crippen LogP contribution in [0.25, 0.3) is 0 Å². The van der Waals surface area contributed by atoms with Gasteiger partial charge in [0.25, 0.3) is 0 Å². The van der Waals surface area contributed by atoms with Gasteiger partial charge in [0.2, 0.25) is 5.91 Å². The molecule has 0 aliphatic carbocycles. The van der Waals surface area contributed by atoms with Crippen molar-refractivity contribution < 1.29 is 4.79 Å². The molecule has 0 heterocycles. The summed E-state index contributed by atoms with van der Waals surface area (Å²) in [4.78, 5) is 11.8. The van der Waals surface area contributed by atoms with E-state index in [1.807, 2.05) is 6.92 Å². The standard InChI is InChI=1S/C13H30N4O/c1-3-5-9-15-11-7-12(13(18)16-4-2)17-10-6-8-14/h12,15,17H,3-11,14H2,1-2H3,(H,16,18). The molecule has 0 saturated heterocycles. The summed E-state index contributed by atoms with van der Waals surface area (Å²) in [6, 6.07) is -0.106. The van der Waals surface area contributed by atoms with Crippen molar-refractivity contribution in [3.63, 3.8) is 0 Å². The fourth-order valence-corrected chi connectivity index (χ4v) is 1.67. The fourth-order valence-electron chi connectivity index (χ4n) is 1.67. The van der Waals surface area contributed by atoms with E-state index < -0.39 is 0 Å². The van der Waals surface area contributed by atoms with Crippen LogP contribution >= 0.6 is 0 Å². The summed E-state index contributed by atoms with van der Waals surface area (Å²) in [6.45, 7) is 8.15. The quantitative estimate of drug-likeness (QED) is 0.377. The van der Waals surface area contributed by atoms with Crippen LogP contribution in [0.3, 0.4) is 0 Å². The Morgan fingerprint density at radius 3 is 2.56 bits per heavy atom. The Morgan fingerprint density at radius 1 is 1.17 bits per heavy atom. The third-order valence-corrected chi connectivity index (χ3v) is 2.76. The van der Waals surface area contributed by atoms with E-state index in [-0.39, 0.29) is 11.9 Å². The van der Waals surface area contributed by atoms with Crippen LogP contribution in [0.5, 0.6) is 0 Å². The molecule has 0 aliphatic rings. The molecule has 1 amide bonds. The molecular formula is C13H30N4O. The van der Waals surface area contributed by atoms with Gasteiger partial charge in [0.15, 0.2) is 0 Å². The number of unbranched alkanes of at least 4 members (excludes halogenated alkanes) is 1. The summed E-state index contributed by atoms with van der Waals surface area (Å²) in [5, 5.41) is 9.49. The molecule has 0 aromatic carbocycles. The largest absolute Gasteiger partial charge is 0.355 e. The fraction of sp³-hybridized carbons (Fsp3) is 0.923. The molecule has 0 spiro atoms. The number of likely N-dealkylation sites (N-methyl/N-ethyl adjacent to an activating group) is 1. The van der Waals surface area contributed by atoms with Gasteiger partial charge in [0, 0.05) is 6.54 Å². The zero-order chi connectivity index (χ0) is 13.6. The second-order valence-corrected chi connectivity index (χ2v) is 4.44. The SMILES string of the molecule is CCCCNCCC(NCCCN)C(=O)NCC. The molecule has 0 radical (unpaired) electrons. The predicted octanol–water partition coefficient (Wildman–Crippen LogP) is 0.209. The average Bonchev–Trinajstić information content (AvgIpc) is 2.37. The second-order valence-electron chi connectivity index (χ2n) is 4.44. The molecule has 18 heavy (non-hydrogen) atoms. The van der Waals surface area contributed by atoms with Gasteiger partial charge in [-0.2, -0.15) is 0 Å². The van der Waals surface area contributed by atoms with E-state index in [1.54, 1.807) is 0 Å². The van der Waals surface area contributed by atoms with Crippen LogP contribution < -0.4 is 21.7 Å². The van der Waals surface area contributed by atoms with E-state index in [1.165, 1.54) is 12.8 Å². The highest BCUT2D eigenvalue weighted by atomic mass is 16.2. The first-order chi connectivity index (χ1) is 8.76. The molecule has 1 atom stereocenters. The van der Waals surface area contributed by atoms with Crippen LogP contribution in [0.1, 0.15) is 39.5 Å². The van der Waals surface area contributed by atoms with Crippen LogP contribution in [-0.2, 0) is 4.79 Å². The molecule has 5 nitrogen and oxygen atoms in total. The van der Waals surface area contributed by atoms with E-state index in [0.29, 0.717) is 13.1 Å². The Bertz CT molecular complexity index is 199. The monoisotopic (exact) mass is 258 g/mol. The lowest BCUT2D eigenvalue weighted by Crippen LogP contribution is -2.46. The summed E-state index contributed by atoms with van der Waals surface area (Å²) < 4.78 is 0. The maximum atomic E-state index is 11.8. The zero-order valence-electron chi connectivity index (χ0n) is 11.9. The molecule has 5 N–H and O–H groups in total. The van der Waals surface area contributed by atoms with Gasteiger partial charge in [-0.3, -0.25) is 4.79 Å². The lowest BCUT2D eigenvalue weighted by atomic mass is 10.1. The van der Waals surface area contributed by atoms with Gasteiger partial charge in [-0.25, -0.2) is 0 Å². The van der Waals surface area contributed by atoms with E-state index in [0.717, 1.165) is 32.5 Å². The average molecular weight is 258 g/mol. The Morgan fingerprint density at radius 2 is 1.94 bits per heavy atom. The molecule has 0 fully saturated rings. The number of amides is 1. The van der Waals surface area contributed by atoms with Crippen molar-refractivity contribution in [1.29, 1.82) is 0 Å². The summed E-state index contributed by atoms with van der Waals surface area (Å²) in [5.41, 5.74) is 5.45. The maximum absolute atomic E-state index is 11.8. The summed E-state index contributed by atoms with van der Waals surface area (Å²) in [5.74, 6) is 0.0896. The van der Waals surface area contributed by atoms with Gasteiger partial charge in [-0.05, 0) is 52.4 Å². The Balaban J connectivity index is 3.84. The minimum absolute atomic E-state index is 0.0896. The number of hydrogen-bond donors (Lipinski definition) is 4. The lowest BCUT2D eigenvalue weighted by molar-refractivity contribution is -0.123. The Hall–Kier alpha value is -0.650. The molecule has 108 valence electrons. The van der Waals surface area contributed by atoms with Gasteiger partial charge in [0.05, 0.1) is 6.04 Å². The highest BCUT2D eigenvalue weighted by molar-refractivity contribution is 5.81. The molecular weight excluding hydrogens is 228 g/mol. The summed E-state index contributed by atoms with van der Waals surface area (Å²) >= 11 is 0. The molecule has 1 unspecified atom stereocenters. The number of nitrogens with two attached hydrogens (primary N) is 1. The highest BCUT2D eigenvalue weighted by Gasteiger charge is 2.15. The second kappa shape index (κ2) is 12.8. The highest BCUT2D eigenvalue weighted by Crippen LogP contribution is 1.93. The number of hydrogen-bond acceptors (Lipinski definition) is 4. The van der Waals surface area contributed by atoms with Crippen LogP contribution in [0.2, 0.25) is 0 Å².